The van der Waals surface area contributed by atoms with Crippen molar-refractivity contribution >= 4 is 17.4 Å². The van der Waals surface area contributed by atoms with Crippen molar-refractivity contribution in [2.45, 2.75) is 27.7 Å². The Kier molecular flexibility index (Phi) is 7.33. The highest BCUT2D eigenvalue weighted by Gasteiger charge is 2.05. The molecule has 0 aliphatic carbocycles. The summed E-state index contributed by atoms with van der Waals surface area (Å²) in [5.41, 5.74) is 4.23. The molecule has 0 radical (unpaired) electrons. The number of urea groups is 1. The van der Waals surface area contributed by atoms with Crippen LogP contribution in [0.25, 0.3) is 0 Å². The fourth-order valence-electron chi connectivity index (χ4n) is 2.81. The lowest BCUT2D eigenvalue weighted by Gasteiger charge is -2.21. The molecule has 5 nitrogen and oxygen atoms in total. The van der Waals surface area contributed by atoms with Gasteiger partial charge in [0.1, 0.15) is 12.4 Å². The number of hydrogen-bond acceptors (Lipinski definition) is 3. The molecule has 0 aliphatic heterocycles. The minimum Gasteiger partial charge on any atom is -0.491 e. The zero-order valence-corrected chi connectivity index (χ0v) is 16.1. The van der Waals surface area contributed by atoms with Crippen molar-refractivity contribution < 1.29 is 9.53 Å². The van der Waals surface area contributed by atoms with Gasteiger partial charge in [0.05, 0.1) is 6.54 Å². The Balaban J connectivity index is 1.74. The number of nitrogens with zero attached hydrogens (tertiary/aromatic N) is 1. The molecule has 26 heavy (non-hydrogen) atoms. The number of anilines is 2. The number of benzene rings is 2. The van der Waals surface area contributed by atoms with Gasteiger partial charge in [-0.25, -0.2) is 4.79 Å². The van der Waals surface area contributed by atoms with Gasteiger partial charge >= 0.3 is 6.03 Å². The summed E-state index contributed by atoms with van der Waals surface area (Å²) in [6.07, 6.45) is 0. The molecule has 0 unspecified atom stereocenters. The summed E-state index contributed by atoms with van der Waals surface area (Å²) in [7, 11) is 0. The third kappa shape index (κ3) is 5.69. The molecule has 2 N–H and O–H groups in total. The van der Waals surface area contributed by atoms with Crippen LogP contribution in [0.4, 0.5) is 16.2 Å². The van der Waals surface area contributed by atoms with Gasteiger partial charge in [-0.15, -0.1) is 0 Å². The van der Waals surface area contributed by atoms with E-state index in [4.69, 9.17) is 4.74 Å². The normalized spacial score (nSPS) is 10.3. The highest BCUT2D eigenvalue weighted by atomic mass is 16.5. The van der Waals surface area contributed by atoms with Crippen LogP contribution >= 0.6 is 0 Å². The van der Waals surface area contributed by atoms with E-state index in [1.807, 2.05) is 43.3 Å². The van der Waals surface area contributed by atoms with E-state index in [0.29, 0.717) is 13.2 Å². The molecule has 2 aromatic carbocycles. The van der Waals surface area contributed by atoms with Crippen LogP contribution in [0.2, 0.25) is 0 Å². The average molecular weight is 355 g/mol. The number of hydrogen-bond donors (Lipinski definition) is 2. The van der Waals surface area contributed by atoms with E-state index in [1.165, 1.54) is 5.56 Å². The highest BCUT2D eigenvalue weighted by molar-refractivity contribution is 5.89. The lowest BCUT2D eigenvalue weighted by molar-refractivity contribution is 0.247. The molecule has 2 aromatic rings. The van der Waals surface area contributed by atoms with E-state index < -0.39 is 0 Å². The first kappa shape index (κ1) is 19.6. The first-order valence-corrected chi connectivity index (χ1v) is 9.13. The van der Waals surface area contributed by atoms with Crippen molar-refractivity contribution in [1.82, 2.24) is 5.32 Å². The zero-order chi connectivity index (χ0) is 18.9. The topological polar surface area (TPSA) is 53.6 Å². The van der Waals surface area contributed by atoms with Gasteiger partial charge in [-0.3, -0.25) is 0 Å². The predicted molar refractivity (Wildman–Crippen MR) is 108 cm³/mol. The maximum absolute atomic E-state index is 12.0. The number of amides is 2. The van der Waals surface area contributed by atoms with Gasteiger partial charge in [-0.05, 0) is 63.6 Å². The molecule has 0 atom stereocenters. The average Bonchev–Trinajstić information content (AvgIpc) is 2.62. The van der Waals surface area contributed by atoms with E-state index in [9.17, 15) is 4.79 Å². The van der Waals surface area contributed by atoms with Crippen molar-refractivity contribution in [1.29, 1.82) is 0 Å². The van der Waals surface area contributed by atoms with Gasteiger partial charge < -0.3 is 20.3 Å². The van der Waals surface area contributed by atoms with Crippen LogP contribution in [-0.4, -0.2) is 32.3 Å². The molecule has 0 saturated heterocycles. The number of nitrogens with one attached hydrogen (secondary N) is 2. The number of carbonyl (C=O) groups excluding carboxylic acids is 1. The van der Waals surface area contributed by atoms with Crippen molar-refractivity contribution in [2.75, 3.05) is 36.5 Å². The molecule has 5 heteroatoms. The summed E-state index contributed by atoms with van der Waals surface area (Å²) in [6, 6.07) is 13.7. The maximum atomic E-state index is 12.0. The van der Waals surface area contributed by atoms with E-state index in [2.05, 4.69) is 42.4 Å². The minimum atomic E-state index is -0.232. The molecule has 0 fully saturated rings. The zero-order valence-electron chi connectivity index (χ0n) is 16.1. The second kappa shape index (κ2) is 9.70. The fourth-order valence-corrected chi connectivity index (χ4v) is 2.81. The number of carbonyl (C=O) groups is 1. The Morgan fingerprint density at radius 1 is 1.04 bits per heavy atom. The predicted octanol–water partition coefficient (Wildman–Crippen LogP) is 4.35. The minimum absolute atomic E-state index is 0.232. The molecule has 0 saturated carbocycles. The third-order valence-electron chi connectivity index (χ3n) is 4.23. The van der Waals surface area contributed by atoms with Crippen molar-refractivity contribution in [3.05, 3.63) is 53.6 Å². The van der Waals surface area contributed by atoms with Crippen LogP contribution in [0.3, 0.4) is 0 Å². The Hall–Kier alpha value is -2.69. The largest absolute Gasteiger partial charge is 0.491 e. The molecule has 140 valence electrons. The lowest BCUT2D eigenvalue weighted by atomic mass is 10.1. The van der Waals surface area contributed by atoms with Crippen LogP contribution in [0, 0.1) is 13.8 Å². The summed E-state index contributed by atoms with van der Waals surface area (Å²) in [6.45, 7) is 11.1. The Morgan fingerprint density at radius 2 is 1.73 bits per heavy atom. The highest BCUT2D eigenvalue weighted by Crippen LogP contribution is 2.19. The summed E-state index contributed by atoms with van der Waals surface area (Å²) >= 11 is 0. The molecular weight excluding hydrogens is 326 g/mol. The van der Waals surface area contributed by atoms with Crippen LogP contribution in [-0.2, 0) is 0 Å². The standard InChI is InChI=1S/C21H29N3O2/c1-5-24(6-2)19-10-8-18(9-11-19)23-21(25)22-13-14-26-20-12-7-16(3)15-17(20)4/h7-12,15H,5-6,13-14H2,1-4H3,(H2,22,23,25). The molecule has 0 bridgehead atoms. The Morgan fingerprint density at radius 3 is 2.35 bits per heavy atom. The van der Waals surface area contributed by atoms with E-state index >= 15 is 0 Å². The number of ether oxygens (including phenoxy) is 1. The second-order valence-corrected chi connectivity index (χ2v) is 6.22. The number of aryl methyl sites for hydroxylation is 2. The van der Waals surface area contributed by atoms with Gasteiger partial charge in [0.25, 0.3) is 0 Å². The van der Waals surface area contributed by atoms with Gasteiger partial charge in [-0.1, -0.05) is 17.7 Å². The molecule has 2 rings (SSSR count). The van der Waals surface area contributed by atoms with Gasteiger partial charge in [0.15, 0.2) is 0 Å². The van der Waals surface area contributed by atoms with Gasteiger partial charge in [-0.2, -0.15) is 0 Å². The fraction of sp³-hybridized carbons (Fsp3) is 0.381. The summed E-state index contributed by atoms with van der Waals surface area (Å²) in [5.74, 6) is 0.852. The summed E-state index contributed by atoms with van der Waals surface area (Å²) in [4.78, 5) is 14.2. The lowest BCUT2D eigenvalue weighted by Crippen LogP contribution is -2.32. The quantitative estimate of drug-likeness (QED) is 0.692. The molecule has 2 amide bonds. The SMILES string of the molecule is CCN(CC)c1ccc(NC(=O)NCCOc2ccc(C)cc2C)cc1. The summed E-state index contributed by atoms with van der Waals surface area (Å²) < 4.78 is 5.71. The Labute approximate surface area is 156 Å². The molecule has 0 aromatic heterocycles. The van der Waals surface area contributed by atoms with Crippen LogP contribution in [0.15, 0.2) is 42.5 Å². The number of rotatable bonds is 8. The molecule has 0 spiro atoms. The van der Waals surface area contributed by atoms with E-state index in [0.717, 1.165) is 35.8 Å². The van der Waals surface area contributed by atoms with E-state index in [1.54, 1.807) is 0 Å². The monoisotopic (exact) mass is 355 g/mol. The van der Waals surface area contributed by atoms with E-state index in [-0.39, 0.29) is 6.03 Å². The van der Waals surface area contributed by atoms with Crippen LogP contribution in [0.5, 0.6) is 5.75 Å². The Bertz CT molecular complexity index is 710. The first-order valence-electron chi connectivity index (χ1n) is 9.13. The van der Waals surface area contributed by atoms with Crippen LogP contribution < -0.4 is 20.3 Å². The van der Waals surface area contributed by atoms with Crippen LogP contribution in [0.1, 0.15) is 25.0 Å². The van der Waals surface area contributed by atoms with Crippen molar-refractivity contribution in [3.8, 4) is 5.75 Å². The molecule has 0 aliphatic rings. The first-order chi connectivity index (χ1) is 12.5. The molecular formula is C21H29N3O2. The second-order valence-electron chi connectivity index (χ2n) is 6.22. The van der Waals surface area contributed by atoms with Gasteiger partial charge in [0, 0.05) is 24.5 Å². The molecule has 0 heterocycles. The van der Waals surface area contributed by atoms with Crippen molar-refractivity contribution in [3.63, 3.8) is 0 Å². The van der Waals surface area contributed by atoms with Gasteiger partial charge in [0.2, 0.25) is 0 Å². The third-order valence-corrected chi connectivity index (χ3v) is 4.23. The smallest absolute Gasteiger partial charge is 0.319 e. The van der Waals surface area contributed by atoms with Crippen molar-refractivity contribution in [2.24, 2.45) is 0 Å². The summed E-state index contributed by atoms with van der Waals surface area (Å²) in [5, 5.41) is 5.64. The maximum Gasteiger partial charge on any atom is 0.319 e.